The summed E-state index contributed by atoms with van der Waals surface area (Å²) in [5, 5.41) is 10.4. The second-order valence-electron chi connectivity index (χ2n) is 6.35. The van der Waals surface area contributed by atoms with Crippen LogP contribution in [-0.2, 0) is 4.79 Å². The molecule has 1 atom stereocenters. The van der Waals surface area contributed by atoms with E-state index in [1.807, 2.05) is 6.92 Å². The van der Waals surface area contributed by atoms with E-state index in [1.54, 1.807) is 13.0 Å². The molecule has 0 spiro atoms. The Morgan fingerprint density at radius 1 is 1.24 bits per heavy atom. The van der Waals surface area contributed by atoms with Gasteiger partial charge >= 0.3 is 0 Å². The van der Waals surface area contributed by atoms with E-state index in [-0.39, 0.29) is 11.9 Å². The SMILES string of the molecule is Cc1noc(C(C)N2CCN(CCC(=O)Nc3cc(C)on3)CC2)n1. The molecule has 1 amide bonds. The number of anilines is 1. The van der Waals surface area contributed by atoms with Crippen LogP contribution in [0.5, 0.6) is 0 Å². The molecule has 0 bridgehead atoms. The lowest BCUT2D eigenvalue weighted by Crippen LogP contribution is -2.47. The Morgan fingerprint density at radius 2 is 2.00 bits per heavy atom. The molecule has 3 rings (SSSR count). The monoisotopic (exact) mass is 348 g/mol. The van der Waals surface area contributed by atoms with E-state index in [9.17, 15) is 4.79 Å². The zero-order chi connectivity index (χ0) is 17.8. The van der Waals surface area contributed by atoms with Gasteiger partial charge in [-0.15, -0.1) is 0 Å². The molecular formula is C16H24N6O3. The minimum absolute atomic E-state index is 0.0505. The first-order valence-corrected chi connectivity index (χ1v) is 8.51. The molecule has 2 aromatic heterocycles. The summed E-state index contributed by atoms with van der Waals surface area (Å²) in [6.07, 6.45) is 0.435. The molecule has 1 fully saturated rings. The zero-order valence-electron chi connectivity index (χ0n) is 14.9. The number of rotatable bonds is 6. The third-order valence-corrected chi connectivity index (χ3v) is 4.41. The van der Waals surface area contributed by atoms with Crippen LogP contribution in [0, 0.1) is 13.8 Å². The van der Waals surface area contributed by atoms with Gasteiger partial charge in [-0.3, -0.25) is 9.69 Å². The zero-order valence-corrected chi connectivity index (χ0v) is 14.9. The van der Waals surface area contributed by atoms with Crippen molar-refractivity contribution in [1.82, 2.24) is 25.1 Å². The van der Waals surface area contributed by atoms with Crippen LogP contribution in [0.2, 0.25) is 0 Å². The van der Waals surface area contributed by atoms with Crippen LogP contribution in [0.1, 0.15) is 36.9 Å². The maximum Gasteiger partial charge on any atom is 0.243 e. The van der Waals surface area contributed by atoms with Gasteiger partial charge in [0.2, 0.25) is 11.8 Å². The van der Waals surface area contributed by atoms with Crippen LogP contribution in [0.4, 0.5) is 5.82 Å². The molecule has 1 N–H and O–H groups in total. The summed E-state index contributed by atoms with van der Waals surface area (Å²) in [5.41, 5.74) is 0. The molecule has 0 aromatic carbocycles. The predicted molar refractivity (Wildman–Crippen MR) is 89.9 cm³/mol. The van der Waals surface area contributed by atoms with Crippen LogP contribution in [-0.4, -0.2) is 63.7 Å². The van der Waals surface area contributed by atoms with Crippen LogP contribution in [0.3, 0.4) is 0 Å². The Balaban J connectivity index is 1.39. The first-order valence-electron chi connectivity index (χ1n) is 8.51. The Labute approximate surface area is 146 Å². The second-order valence-corrected chi connectivity index (χ2v) is 6.35. The third-order valence-electron chi connectivity index (χ3n) is 4.41. The van der Waals surface area contributed by atoms with Crippen molar-refractivity contribution < 1.29 is 13.8 Å². The molecule has 0 aliphatic carbocycles. The molecule has 1 unspecified atom stereocenters. The maximum atomic E-state index is 12.0. The van der Waals surface area contributed by atoms with E-state index in [0.29, 0.717) is 29.7 Å². The topological polar surface area (TPSA) is 101 Å². The molecule has 1 aliphatic heterocycles. The Morgan fingerprint density at radius 3 is 2.60 bits per heavy atom. The summed E-state index contributed by atoms with van der Waals surface area (Å²) in [5.74, 6) is 2.42. The number of hydrogen-bond acceptors (Lipinski definition) is 8. The molecule has 0 saturated carbocycles. The molecule has 9 heteroatoms. The highest BCUT2D eigenvalue weighted by Gasteiger charge is 2.25. The molecule has 1 aliphatic rings. The summed E-state index contributed by atoms with van der Waals surface area (Å²) in [4.78, 5) is 20.9. The highest BCUT2D eigenvalue weighted by Crippen LogP contribution is 2.20. The number of carbonyl (C=O) groups is 1. The Hall–Kier alpha value is -2.26. The van der Waals surface area contributed by atoms with Crippen molar-refractivity contribution in [3.8, 4) is 0 Å². The number of aromatic nitrogens is 3. The summed E-state index contributed by atoms with van der Waals surface area (Å²) in [6, 6.07) is 1.82. The van der Waals surface area contributed by atoms with Gasteiger partial charge in [0, 0.05) is 45.2 Å². The molecule has 9 nitrogen and oxygen atoms in total. The first kappa shape index (κ1) is 17.6. The maximum absolute atomic E-state index is 12.0. The Kier molecular flexibility index (Phi) is 5.44. The predicted octanol–water partition coefficient (Wildman–Crippen LogP) is 1.38. The van der Waals surface area contributed by atoms with Gasteiger partial charge in [0.15, 0.2) is 11.6 Å². The smallest absolute Gasteiger partial charge is 0.243 e. The first-order chi connectivity index (χ1) is 12.0. The normalized spacial score (nSPS) is 17.6. The van der Waals surface area contributed by atoms with Crippen molar-refractivity contribution >= 4 is 11.7 Å². The van der Waals surface area contributed by atoms with Crippen LogP contribution in [0.15, 0.2) is 15.1 Å². The van der Waals surface area contributed by atoms with E-state index in [0.717, 1.165) is 32.7 Å². The van der Waals surface area contributed by atoms with Crippen molar-refractivity contribution in [2.45, 2.75) is 33.2 Å². The van der Waals surface area contributed by atoms with Gasteiger partial charge in [-0.1, -0.05) is 10.3 Å². The average molecular weight is 348 g/mol. The average Bonchev–Trinajstić information content (AvgIpc) is 3.21. The summed E-state index contributed by atoms with van der Waals surface area (Å²) < 4.78 is 10.2. The fourth-order valence-electron chi connectivity index (χ4n) is 2.90. The number of nitrogens with zero attached hydrogens (tertiary/aromatic N) is 5. The quantitative estimate of drug-likeness (QED) is 0.836. The molecule has 0 radical (unpaired) electrons. The van der Waals surface area contributed by atoms with Crippen molar-refractivity contribution in [3.05, 3.63) is 23.5 Å². The van der Waals surface area contributed by atoms with Gasteiger partial charge in [-0.2, -0.15) is 4.98 Å². The molecule has 25 heavy (non-hydrogen) atoms. The van der Waals surface area contributed by atoms with Crippen molar-refractivity contribution in [1.29, 1.82) is 0 Å². The molecule has 2 aromatic rings. The van der Waals surface area contributed by atoms with E-state index in [2.05, 4.69) is 37.3 Å². The molecule has 3 heterocycles. The molecular weight excluding hydrogens is 324 g/mol. The lowest BCUT2D eigenvalue weighted by atomic mass is 10.2. The summed E-state index contributed by atoms with van der Waals surface area (Å²) >= 11 is 0. The summed E-state index contributed by atoms with van der Waals surface area (Å²) in [6.45, 7) is 10.1. The molecule has 1 saturated heterocycles. The fraction of sp³-hybridized carbons (Fsp3) is 0.625. The van der Waals surface area contributed by atoms with Crippen LogP contribution >= 0.6 is 0 Å². The van der Waals surface area contributed by atoms with E-state index in [4.69, 9.17) is 9.05 Å². The third kappa shape index (κ3) is 4.64. The lowest BCUT2D eigenvalue weighted by molar-refractivity contribution is -0.116. The highest BCUT2D eigenvalue weighted by atomic mass is 16.5. The van der Waals surface area contributed by atoms with E-state index < -0.39 is 0 Å². The fourth-order valence-corrected chi connectivity index (χ4v) is 2.90. The number of nitrogens with one attached hydrogen (secondary N) is 1. The number of carbonyl (C=O) groups excluding carboxylic acids is 1. The van der Waals surface area contributed by atoms with Gasteiger partial charge in [0.05, 0.1) is 6.04 Å². The van der Waals surface area contributed by atoms with Gasteiger partial charge in [0.25, 0.3) is 0 Å². The molecule has 136 valence electrons. The Bertz CT molecular complexity index is 704. The second kappa shape index (κ2) is 7.75. The minimum Gasteiger partial charge on any atom is -0.360 e. The summed E-state index contributed by atoms with van der Waals surface area (Å²) in [7, 11) is 0. The number of hydrogen-bond donors (Lipinski definition) is 1. The van der Waals surface area contributed by atoms with Crippen molar-refractivity contribution in [2.24, 2.45) is 0 Å². The van der Waals surface area contributed by atoms with Gasteiger partial charge in [-0.25, -0.2) is 0 Å². The minimum atomic E-state index is -0.0505. The van der Waals surface area contributed by atoms with Crippen LogP contribution in [0.25, 0.3) is 0 Å². The standard InChI is InChI=1S/C16H24N6O3/c1-11-10-14(20-24-11)18-15(23)4-5-21-6-8-22(9-7-21)12(2)16-17-13(3)19-25-16/h10,12H,4-9H2,1-3H3,(H,18,20,23). The van der Waals surface area contributed by atoms with E-state index in [1.165, 1.54) is 0 Å². The van der Waals surface area contributed by atoms with E-state index >= 15 is 0 Å². The number of amides is 1. The number of piperazine rings is 1. The van der Waals surface area contributed by atoms with Gasteiger partial charge in [-0.05, 0) is 20.8 Å². The van der Waals surface area contributed by atoms with Gasteiger partial charge in [0.1, 0.15) is 5.76 Å². The van der Waals surface area contributed by atoms with Crippen molar-refractivity contribution in [3.63, 3.8) is 0 Å². The van der Waals surface area contributed by atoms with Gasteiger partial charge < -0.3 is 19.3 Å². The van der Waals surface area contributed by atoms with Crippen LogP contribution < -0.4 is 5.32 Å². The van der Waals surface area contributed by atoms with Crippen molar-refractivity contribution in [2.75, 3.05) is 38.0 Å². The lowest BCUT2D eigenvalue weighted by Gasteiger charge is -2.36. The highest BCUT2D eigenvalue weighted by molar-refractivity contribution is 5.89. The largest absolute Gasteiger partial charge is 0.360 e. The number of aryl methyl sites for hydroxylation is 2.